The number of benzene rings is 1. The minimum Gasteiger partial charge on any atom is -0.394 e. The summed E-state index contributed by atoms with van der Waals surface area (Å²) >= 11 is 5.62. The van der Waals surface area contributed by atoms with E-state index in [9.17, 15) is 8.42 Å². The molecule has 1 rings (SSSR count). The SMILES string of the molecule is O=S(=O)(NC[C@H](O)CO)c1ccc(Cl)cc1. The molecule has 0 bridgehead atoms. The number of nitrogens with one attached hydrogen (secondary N) is 1. The molecule has 0 aliphatic carbocycles. The lowest BCUT2D eigenvalue weighted by Gasteiger charge is -2.09. The first-order valence-corrected chi connectivity index (χ1v) is 6.36. The number of sulfonamides is 1. The monoisotopic (exact) mass is 265 g/mol. The molecular formula is C9H12ClNO4S. The van der Waals surface area contributed by atoms with Crippen LogP contribution in [0, 0.1) is 0 Å². The van der Waals surface area contributed by atoms with E-state index in [1.807, 2.05) is 0 Å². The van der Waals surface area contributed by atoms with E-state index in [1.165, 1.54) is 24.3 Å². The minimum absolute atomic E-state index is 0.0574. The van der Waals surface area contributed by atoms with E-state index in [4.69, 9.17) is 21.8 Å². The van der Waals surface area contributed by atoms with Crippen molar-refractivity contribution in [2.75, 3.05) is 13.2 Å². The molecule has 0 fully saturated rings. The van der Waals surface area contributed by atoms with Gasteiger partial charge in [0.2, 0.25) is 10.0 Å². The molecule has 0 radical (unpaired) electrons. The van der Waals surface area contributed by atoms with E-state index in [0.29, 0.717) is 5.02 Å². The van der Waals surface area contributed by atoms with E-state index in [-0.39, 0.29) is 11.4 Å². The van der Waals surface area contributed by atoms with E-state index >= 15 is 0 Å². The van der Waals surface area contributed by atoms with Crippen LogP contribution >= 0.6 is 11.6 Å². The van der Waals surface area contributed by atoms with Gasteiger partial charge in [0.1, 0.15) is 0 Å². The second-order valence-electron chi connectivity index (χ2n) is 3.14. The predicted octanol–water partition coefficient (Wildman–Crippen LogP) is -0.0285. The predicted molar refractivity (Wildman–Crippen MR) is 59.7 cm³/mol. The van der Waals surface area contributed by atoms with Crippen LogP contribution in [-0.2, 0) is 10.0 Å². The summed E-state index contributed by atoms with van der Waals surface area (Å²) in [6, 6.07) is 5.63. The molecule has 16 heavy (non-hydrogen) atoms. The van der Waals surface area contributed by atoms with Crippen molar-refractivity contribution in [1.29, 1.82) is 0 Å². The Morgan fingerprint density at radius 3 is 2.38 bits per heavy atom. The van der Waals surface area contributed by atoms with Gasteiger partial charge in [-0.15, -0.1) is 0 Å². The highest BCUT2D eigenvalue weighted by Crippen LogP contribution is 2.13. The van der Waals surface area contributed by atoms with Crippen LogP contribution in [0.25, 0.3) is 0 Å². The van der Waals surface area contributed by atoms with Gasteiger partial charge in [-0.05, 0) is 24.3 Å². The lowest BCUT2D eigenvalue weighted by molar-refractivity contribution is 0.0988. The molecule has 7 heteroatoms. The van der Waals surface area contributed by atoms with Gasteiger partial charge in [0.25, 0.3) is 0 Å². The van der Waals surface area contributed by atoms with Gasteiger partial charge < -0.3 is 10.2 Å². The Hall–Kier alpha value is -0.660. The minimum atomic E-state index is -3.66. The van der Waals surface area contributed by atoms with Crippen molar-refractivity contribution in [2.24, 2.45) is 0 Å². The quantitative estimate of drug-likeness (QED) is 0.698. The van der Waals surface area contributed by atoms with Crippen molar-refractivity contribution in [3.05, 3.63) is 29.3 Å². The molecule has 0 saturated carbocycles. The Kier molecular flexibility index (Phi) is 4.69. The third-order valence-corrected chi connectivity index (χ3v) is 3.54. The van der Waals surface area contributed by atoms with Crippen LogP contribution in [0.4, 0.5) is 0 Å². The number of aliphatic hydroxyl groups excluding tert-OH is 2. The van der Waals surface area contributed by atoms with Crippen LogP contribution in [0.5, 0.6) is 0 Å². The summed E-state index contributed by atoms with van der Waals surface area (Å²) in [5.41, 5.74) is 0. The molecule has 0 amide bonds. The summed E-state index contributed by atoms with van der Waals surface area (Å²) < 4.78 is 25.4. The normalized spacial score (nSPS) is 13.7. The molecular weight excluding hydrogens is 254 g/mol. The molecule has 0 unspecified atom stereocenters. The summed E-state index contributed by atoms with van der Waals surface area (Å²) in [6.45, 7) is -0.732. The lowest BCUT2D eigenvalue weighted by atomic mass is 10.4. The molecule has 0 heterocycles. The Morgan fingerprint density at radius 2 is 1.88 bits per heavy atom. The van der Waals surface area contributed by atoms with E-state index in [2.05, 4.69) is 4.72 Å². The highest BCUT2D eigenvalue weighted by Gasteiger charge is 2.14. The van der Waals surface area contributed by atoms with E-state index in [0.717, 1.165) is 0 Å². The van der Waals surface area contributed by atoms with Gasteiger partial charge in [-0.1, -0.05) is 11.6 Å². The van der Waals surface area contributed by atoms with Gasteiger partial charge in [-0.25, -0.2) is 13.1 Å². The van der Waals surface area contributed by atoms with Gasteiger partial charge in [0.05, 0.1) is 17.6 Å². The van der Waals surface area contributed by atoms with Crippen molar-refractivity contribution in [2.45, 2.75) is 11.0 Å². The number of hydrogen-bond donors (Lipinski definition) is 3. The highest BCUT2D eigenvalue weighted by atomic mass is 35.5. The van der Waals surface area contributed by atoms with Gasteiger partial charge in [-0.3, -0.25) is 0 Å². The van der Waals surface area contributed by atoms with Gasteiger partial charge in [-0.2, -0.15) is 0 Å². The largest absolute Gasteiger partial charge is 0.394 e. The second kappa shape index (κ2) is 5.60. The number of halogens is 1. The standard InChI is InChI=1S/C9H12ClNO4S/c10-7-1-3-9(4-2-7)16(14,15)11-5-8(13)6-12/h1-4,8,11-13H,5-6H2/t8-/m0/s1. The summed E-state index contributed by atoms with van der Waals surface area (Å²) in [7, 11) is -3.66. The third-order valence-electron chi connectivity index (χ3n) is 1.84. The molecule has 1 atom stereocenters. The molecule has 0 aliphatic rings. The van der Waals surface area contributed by atoms with Crippen molar-refractivity contribution in [1.82, 2.24) is 4.72 Å². The van der Waals surface area contributed by atoms with Crippen LogP contribution in [0.2, 0.25) is 5.02 Å². The first kappa shape index (κ1) is 13.4. The zero-order valence-corrected chi connectivity index (χ0v) is 9.87. The fourth-order valence-electron chi connectivity index (χ4n) is 0.968. The molecule has 1 aromatic rings. The Balaban J connectivity index is 2.74. The van der Waals surface area contributed by atoms with Crippen molar-refractivity contribution >= 4 is 21.6 Å². The zero-order chi connectivity index (χ0) is 12.2. The lowest BCUT2D eigenvalue weighted by Crippen LogP contribution is -2.33. The summed E-state index contributed by atoms with van der Waals surface area (Å²) in [6.07, 6.45) is -1.11. The molecule has 5 nitrogen and oxygen atoms in total. The topological polar surface area (TPSA) is 86.6 Å². The summed E-state index contributed by atoms with van der Waals surface area (Å²) in [5, 5.41) is 18.0. The van der Waals surface area contributed by atoms with E-state index < -0.39 is 22.7 Å². The maximum atomic E-state index is 11.6. The number of rotatable bonds is 5. The third kappa shape index (κ3) is 3.73. The molecule has 0 aromatic heterocycles. The maximum absolute atomic E-state index is 11.6. The average Bonchev–Trinajstić information content (AvgIpc) is 2.26. The fraction of sp³-hybridized carbons (Fsp3) is 0.333. The molecule has 0 saturated heterocycles. The molecule has 1 aromatic carbocycles. The van der Waals surface area contributed by atoms with E-state index in [1.54, 1.807) is 0 Å². The Morgan fingerprint density at radius 1 is 1.31 bits per heavy atom. The number of aliphatic hydroxyl groups is 2. The summed E-state index contributed by atoms with van der Waals surface area (Å²) in [4.78, 5) is 0.0574. The van der Waals surface area contributed by atoms with Crippen LogP contribution < -0.4 is 4.72 Å². The molecule has 90 valence electrons. The zero-order valence-electron chi connectivity index (χ0n) is 8.30. The van der Waals surface area contributed by atoms with Crippen LogP contribution in [0.15, 0.2) is 29.2 Å². The van der Waals surface area contributed by atoms with Crippen LogP contribution in [0.3, 0.4) is 0 Å². The van der Waals surface area contributed by atoms with Crippen LogP contribution in [0.1, 0.15) is 0 Å². The maximum Gasteiger partial charge on any atom is 0.240 e. The van der Waals surface area contributed by atoms with Gasteiger partial charge >= 0.3 is 0 Å². The highest BCUT2D eigenvalue weighted by molar-refractivity contribution is 7.89. The second-order valence-corrected chi connectivity index (χ2v) is 5.35. The van der Waals surface area contributed by atoms with Crippen LogP contribution in [-0.4, -0.2) is 37.9 Å². The molecule has 3 N–H and O–H groups in total. The van der Waals surface area contributed by atoms with Gasteiger partial charge in [0, 0.05) is 11.6 Å². The average molecular weight is 266 g/mol. The fourth-order valence-corrected chi connectivity index (χ4v) is 2.17. The van der Waals surface area contributed by atoms with Crippen molar-refractivity contribution < 1.29 is 18.6 Å². The van der Waals surface area contributed by atoms with Gasteiger partial charge in [0.15, 0.2) is 0 Å². The molecule has 0 aliphatic heterocycles. The summed E-state index contributed by atoms with van der Waals surface area (Å²) in [5.74, 6) is 0. The Labute approximate surface area is 98.7 Å². The molecule has 0 spiro atoms. The van der Waals surface area contributed by atoms with Crippen molar-refractivity contribution in [3.8, 4) is 0 Å². The van der Waals surface area contributed by atoms with Crippen molar-refractivity contribution in [3.63, 3.8) is 0 Å². The number of hydrogen-bond acceptors (Lipinski definition) is 4. The first-order valence-electron chi connectivity index (χ1n) is 4.50. The Bertz CT molecular complexity index is 431. The smallest absolute Gasteiger partial charge is 0.240 e. The first-order chi connectivity index (χ1) is 7.45.